The van der Waals surface area contributed by atoms with Gasteiger partial charge in [0.05, 0.1) is 18.1 Å². The molecule has 8 heteroatoms. The number of thioether (sulfide) groups is 1. The summed E-state index contributed by atoms with van der Waals surface area (Å²) in [4.78, 5) is 12.7. The molecule has 0 saturated heterocycles. The number of furan rings is 1. The number of rotatable bonds is 9. The van der Waals surface area contributed by atoms with Crippen molar-refractivity contribution in [3.05, 3.63) is 65.1 Å². The zero-order valence-corrected chi connectivity index (χ0v) is 19.7. The van der Waals surface area contributed by atoms with Crippen LogP contribution in [0.3, 0.4) is 0 Å². The van der Waals surface area contributed by atoms with Gasteiger partial charge in [-0.15, -0.1) is 10.2 Å². The second-order valence-corrected chi connectivity index (χ2v) is 9.63. The number of nitrogens with zero attached hydrogens (tertiary/aromatic N) is 3. The van der Waals surface area contributed by atoms with Crippen molar-refractivity contribution in [2.75, 3.05) is 6.54 Å². The minimum atomic E-state index is -0.298. The van der Waals surface area contributed by atoms with Crippen molar-refractivity contribution < 1.29 is 9.21 Å². The van der Waals surface area contributed by atoms with Gasteiger partial charge >= 0.3 is 0 Å². The fourth-order valence-electron chi connectivity index (χ4n) is 3.72. The third kappa shape index (κ3) is 5.84. The quantitative estimate of drug-likeness (QED) is 0.319. The van der Waals surface area contributed by atoms with E-state index in [1.54, 1.807) is 6.26 Å². The molecule has 32 heavy (non-hydrogen) atoms. The van der Waals surface area contributed by atoms with Crippen molar-refractivity contribution in [1.29, 1.82) is 0 Å². The van der Waals surface area contributed by atoms with Crippen molar-refractivity contribution >= 4 is 29.3 Å². The number of carbonyl (C=O) groups is 1. The summed E-state index contributed by atoms with van der Waals surface area (Å²) in [5, 5.41) is 12.9. The summed E-state index contributed by atoms with van der Waals surface area (Å²) in [6.07, 6.45) is 9.75. The van der Waals surface area contributed by atoms with E-state index >= 15 is 0 Å². The maximum atomic E-state index is 12.7. The van der Waals surface area contributed by atoms with Gasteiger partial charge in [-0.3, -0.25) is 9.36 Å². The average molecular weight is 471 g/mol. The SMILES string of the molecule is C[C@H](Sc1nnc(-c2ccc(Cl)cc2)n1Cc1ccco1)C(=O)NCCC1=CCCCC1. The van der Waals surface area contributed by atoms with Crippen LogP contribution in [-0.2, 0) is 11.3 Å². The van der Waals surface area contributed by atoms with Gasteiger partial charge in [0.1, 0.15) is 5.76 Å². The Morgan fingerprint density at radius 1 is 1.25 bits per heavy atom. The van der Waals surface area contributed by atoms with Crippen LogP contribution >= 0.6 is 23.4 Å². The zero-order chi connectivity index (χ0) is 22.3. The van der Waals surface area contributed by atoms with E-state index in [1.807, 2.05) is 47.9 Å². The van der Waals surface area contributed by atoms with Gasteiger partial charge in [-0.05, 0) is 75.4 Å². The Kier molecular flexibility index (Phi) is 7.71. The lowest BCUT2D eigenvalue weighted by molar-refractivity contribution is -0.120. The summed E-state index contributed by atoms with van der Waals surface area (Å²) in [7, 11) is 0. The first kappa shape index (κ1) is 22.7. The number of benzene rings is 1. The molecule has 0 spiro atoms. The lowest BCUT2D eigenvalue weighted by Gasteiger charge is -2.15. The fourth-order valence-corrected chi connectivity index (χ4v) is 4.72. The third-order valence-corrected chi connectivity index (χ3v) is 6.83. The molecule has 2 aromatic heterocycles. The first-order chi connectivity index (χ1) is 15.6. The Morgan fingerprint density at radius 3 is 2.81 bits per heavy atom. The molecular weight excluding hydrogens is 444 g/mol. The molecule has 168 valence electrons. The standard InChI is InChI=1S/C24H27ClN4O2S/c1-17(23(30)26-14-13-18-6-3-2-4-7-18)32-24-28-27-22(19-9-11-20(25)12-10-19)29(24)16-21-8-5-15-31-21/h5-6,8-12,15,17H,2-4,7,13-14,16H2,1H3,(H,26,30)/t17-/m0/s1. The van der Waals surface area contributed by atoms with Crippen LogP contribution in [0.2, 0.25) is 5.02 Å². The van der Waals surface area contributed by atoms with Crippen LogP contribution in [0, 0.1) is 0 Å². The molecule has 0 aliphatic heterocycles. The highest BCUT2D eigenvalue weighted by Gasteiger charge is 2.21. The highest BCUT2D eigenvalue weighted by Crippen LogP contribution is 2.29. The van der Waals surface area contributed by atoms with Crippen LogP contribution in [0.15, 0.2) is 63.9 Å². The molecule has 1 aromatic carbocycles. The maximum absolute atomic E-state index is 12.7. The fraction of sp³-hybridized carbons (Fsp3) is 0.375. The second-order valence-electron chi connectivity index (χ2n) is 7.89. The van der Waals surface area contributed by atoms with Crippen LogP contribution in [-0.4, -0.2) is 32.5 Å². The summed E-state index contributed by atoms with van der Waals surface area (Å²) in [6, 6.07) is 11.2. The summed E-state index contributed by atoms with van der Waals surface area (Å²) < 4.78 is 7.52. The highest BCUT2D eigenvalue weighted by atomic mass is 35.5. The van der Waals surface area contributed by atoms with Crippen molar-refractivity contribution in [2.24, 2.45) is 0 Å². The lowest BCUT2D eigenvalue weighted by atomic mass is 9.97. The number of carbonyl (C=O) groups excluding carboxylic acids is 1. The highest BCUT2D eigenvalue weighted by molar-refractivity contribution is 8.00. The normalized spacial score (nSPS) is 14.8. The van der Waals surface area contributed by atoms with E-state index < -0.39 is 0 Å². The molecular formula is C24H27ClN4O2S. The second kappa shape index (κ2) is 10.9. The topological polar surface area (TPSA) is 73.0 Å². The van der Waals surface area contributed by atoms with Crippen LogP contribution in [0.5, 0.6) is 0 Å². The van der Waals surface area contributed by atoms with Crippen molar-refractivity contribution in [3.8, 4) is 11.4 Å². The van der Waals surface area contributed by atoms with Crippen molar-refractivity contribution in [3.63, 3.8) is 0 Å². The maximum Gasteiger partial charge on any atom is 0.233 e. The Morgan fingerprint density at radius 2 is 2.09 bits per heavy atom. The predicted molar refractivity (Wildman–Crippen MR) is 128 cm³/mol. The predicted octanol–water partition coefficient (Wildman–Crippen LogP) is 5.73. The molecule has 1 amide bonds. The number of hydrogen-bond donors (Lipinski definition) is 1. The van der Waals surface area contributed by atoms with E-state index in [1.165, 1.54) is 30.2 Å². The van der Waals surface area contributed by atoms with Gasteiger partial charge < -0.3 is 9.73 Å². The summed E-state index contributed by atoms with van der Waals surface area (Å²) in [5.74, 6) is 1.50. The summed E-state index contributed by atoms with van der Waals surface area (Å²) in [6.45, 7) is 3.04. The Hall–Kier alpha value is -2.51. The van der Waals surface area contributed by atoms with Crippen LogP contribution < -0.4 is 5.32 Å². The number of amides is 1. The van der Waals surface area contributed by atoms with Crippen LogP contribution in [0.4, 0.5) is 0 Å². The van der Waals surface area contributed by atoms with E-state index in [4.69, 9.17) is 16.0 Å². The van der Waals surface area contributed by atoms with Gasteiger partial charge in [0, 0.05) is 17.1 Å². The zero-order valence-electron chi connectivity index (χ0n) is 18.1. The molecule has 0 fully saturated rings. The monoisotopic (exact) mass is 470 g/mol. The largest absolute Gasteiger partial charge is 0.467 e. The third-order valence-electron chi connectivity index (χ3n) is 5.50. The molecule has 1 aliphatic carbocycles. The Labute approximate surface area is 197 Å². The molecule has 1 N–H and O–H groups in total. The molecule has 4 rings (SSSR count). The first-order valence-corrected chi connectivity index (χ1v) is 12.2. The lowest BCUT2D eigenvalue weighted by Crippen LogP contribution is -2.32. The van der Waals surface area contributed by atoms with Gasteiger partial charge in [-0.1, -0.05) is 35.0 Å². The van der Waals surface area contributed by atoms with Gasteiger partial charge in [0.15, 0.2) is 11.0 Å². The number of aromatic nitrogens is 3. The summed E-state index contributed by atoms with van der Waals surface area (Å²) >= 11 is 7.44. The first-order valence-electron chi connectivity index (χ1n) is 10.9. The van der Waals surface area contributed by atoms with Crippen molar-refractivity contribution in [1.82, 2.24) is 20.1 Å². The van der Waals surface area contributed by atoms with E-state index in [-0.39, 0.29) is 11.2 Å². The molecule has 0 bridgehead atoms. The Balaban J connectivity index is 1.45. The molecule has 3 aromatic rings. The summed E-state index contributed by atoms with van der Waals surface area (Å²) in [5.41, 5.74) is 2.36. The number of allylic oxidation sites excluding steroid dienone is 1. The van der Waals surface area contributed by atoms with Gasteiger partial charge in [0.25, 0.3) is 0 Å². The van der Waals surface area contributed by atoms with E-state index in [0.29, 0.717) is 29.1 Å². The molecule has 1 aliphatic rings. The molecule has 2 heterocycles. The minimum absolute atomic E-state index is 0.00648. The van der Waals surface area contributed by atoms with Crippen molar-refractivity contribution in [2.45, 2.75) is 56.0 Å². The number of hydrogen-bond acceptors (Lipinski definition) is 5. The van der Waals surface area contributed by atoms with E-state index in [9.17, 15) is 4.79 Å². The van der Waals surface area contributed by atoms with E-state index in [2.05, 4.69) is 21.6 Å². The van der Waals surface area contributed by atoms with Gasteiger partial charge in [-0.25, -0.2) is 0 Å². The number of nitrogens with one attached hydrogen (secondary N) is 1. The van der Waals surface area contributed by atoms with Crippen LogP contribution in [0.25, 0.3) is 11.4 Å². The van der Waals surface area contributed by atoms with E-state index in [0.717, 1.165) is 30.6 Å². The van der Waals surface area contributed by atoms with Gasteiger partial charge in [-0.2, -0.15) is 0 Å². The molecule has 0 radical (unpaired) electrons. The minimum Gasteiger partial charge on any atom is -0.467 e. The van der Waals surface area contributed by atoms with Gasteiger partial charge in [0.2, 0.25) is 5.91 Å². The Bertz CT molecular complexity index is 1060. The molecule has 1 atom stereocenters. The number of halogens is 1. The smallest absolute Gasteiger partial charge is 0.233 e. The molecule has 6 nitrogen and oxygen atoms in total. The molecule has 0 saturated carbocycles. The van der Waals surface area contributed by atoms with Crippen LogP contribution in [0.1, 0.15) is 44.8 Å². The molecule has 0 unspecified atom stereocenters. The average Bonchev–Trinajstić information content (AvgIpc) is 3.46.